The Hall–Kier alpha value is 0.740. The molecule has 1 nitrogen and oxygen atoms in total. The molecule has 2 rings (SSSR count). The van der Waals surface area contributed by atoms with E-state index in [-0.39, 0.29) is 6.10 Å². The lowest BCUT2D eigenvalue weighted by Gasteiger charge is -2.25. The summed E-state index contributed by atoms with van der Waals surface area (Å²) in [4.78, 5) is 1.31. The normalized spacial score (nSPS) is 20.1. The highest BCUT2D eigenvalue weighted by Crippen LogP contribution is 2.43. The Kier molecular flexibility index (Phi) is 4.02. The van der Waals surface area contributed by atoms with E-state index >= 15 is 0 Å². The number of hydrogen-bond donors (Lipinski definition) is 1. The van der Waals surface area contributed by atoms with Crippen LogP contribution < -0.4 is 0 Å². The third-order valence-corrected chi connectivity index (χ3v) is 5.57. The third-order valence-electron chi connectivity index (χ3n) is 2.71. The molecule has 0 saturated heterocycles. The quantitative estimate of drug-likeness (QED) is 0.564. The van der Waals surface area contributed by atoms with Crippen molar-refractivity contribution in [3.63, 3.8) is 0 Å². The topological polar surface area (TPSA) is 20.2 Å². The Bertz CT molecular complexity index is 395. The minimum atomic E-state index is -0.277. The van der Waals surface area contributed by atoms with Crippen LogP contribution in [0.2, 0.25) is 0 Å². The molecule has 0 radical (unpaired) electrons. The fraction of sp³-hybridized carbons (Fsp3) is 0.455. The first-order valence-corrected chi connectivity index (χ1v) is 8.14. The molecule has 1 aliphatic rings. The Morgan fingerprint density at radius 3 is 3.07 bits per heavy atom. The van der Waals surface area contributed by atoms with E-state index in [9.17, 15) is 5.11 Å². The molecule has 0 amide bonds. The second-order valence-electron chi connectivity index (χ2n) is 3.67. The van der Waals surface area contributed by atoms with Gasteiger partial charge in [-0.25, -0.2) is 0 Å². The van der Waals surface area contributed by atoms with E-state index in [1.807, 2.05) is 11.8 Å². The molecule has 1 unspecified atom stereocenters. The van der Waals surface area contributed by atoms with Gasteiger partial charge in [-0.05, 0) is 36.1 Å². The number of alkyl halides is 1. The van der Waals surface area contributed by atoms with E-state index < -0.39 is 0 Å². The highest BCUT2D eigenvalue weighted by atomic mass is 127. The summed E-state index contributed by atoms with van der Waals surface area (Å²) in [7, 11) is 0. The van der Waals surface area contributed by atoms with E-state index in [1.165, 1.54) is 16.0 Å². The molecule has 4 heteroatoms. The average Bonchev–Trinajstić information content (AvgIpc) is 2.23. The number of aliphatic hydroxyl groups is 1. The molecular weight excluding hydrogens is 387 g/mol. The third kappa shape index (κ3) is 2.23. The van der Waals surface area contributed by atoms with Crippen LogP contribution in [0.4, 0.5) is 0 Å². The lowest BCUT2D eigenvalue weighted by atomic mass is 9.98. The molecule has 0 spiro atoms. The molecule has 82 valence electrons. The fourth-order valence-electron chi connectivity index (χ4n) is 1.89. The number of halogens is 2. The summed E-state index contributed by atoms with van der Waals surface area (Å²) in [5, 5.41) is 10.0. The minimum Gasteiger partial charge on any atom is -0.388 e. The average molecular weight is 399 g/mol. The summed E-state index contributed by atoms with van der Waals surface area (Å²) in [6.07, 6.45) is 0.593. The van der Waals surface area contributed by atoms with E-state index in [4.69, 9.17) is 0 Å². The Morgan fingerprint density at radius 1 is 1.67 bits per heavy atom. The first-order chi connectivity index (χ1) is 7.15. The van der Waals surface area contributed by atoms with Gasteiger partial charge in [0.15, 0.2) is 0 Å². The van der Waals surface area contributed by atoms with Gasteiger partial charge in [-0.1, -0.05) is 38.5 Å². The van der Waals surface area contributed by atoms with Crippen LogP contribution in [0.15, 0.2) is 15.4 Å². The number of thioether (sulfide) groups is 1. The predicted molar refractivity (Wildman–Crippen MR) is 76.9 cm³/mol. The Morgan fingerprint density at radius 2 is 2.40 bits per heavy atom. The summed E-state index contributed by atoms with van der Waals surface area (Å²) in [5.41, 5.74) is 3.68. The van der Waals surface area contributed by atoms with Gasteiger partial charge < -0.3 is 5.11 Å². The van der Waals surface area contributed by atoms with E-state index in [0.717, 1.165) is 26.6 Å². The molecule has 15 heavy (non-hydrogen) atoms. The predicted octanol–water partition coefficient (Wildman–Crippen LogP) is 4.22. The first-order valence-electron chi connectivity index (χ1n) is 4.84. The lowest BCUT2D eigenvalue weighted by molar-refractivity contribution is 0.169. The van der Waals surface area contributed by atoms with Gasteiger partial charge in [0.2, 0.25) is 0 Å². The van der Waals surface area contributed by atoms with Crippen LogP contribution >= 0.6 is 50.3 Å². The van der Waals surface area contributed by atoms with Gasteiger partial charge in [0.1, 0.15) is 0 Å². The number of aliphatic hydroxyl groups excluding tert-OH is 1. The molecule has 1 aliphatic heterocycles. The zero-order chi connectivity index (χ0) is 11.0. The van der Waals surface area contributed by atoms with Crippen LogP contribution in [0, 0.1) is 6.92 Å². The van der Waals surface area contributed by atoms with Gasteiger partial charge in [-0.15, -0.1) is 11.8 Å². The van der Waals surface area contributed by atoms with Crippen molar-refractivity contribution in [3.05, 3.63) is 27.2 Å². The van der Waals surface area contributed by atoms with Crippen molar-refractivity contribution in [1.29, 1.82) is 0 Å². The molecule has 1 N–H and O–H groups in total. The van der Waals surface area contributed by atoms with Crippen molar-refractivity contribution >= 4 is 50.3 Å². The van der Waals surface area contributed by atoms with E-state index in [1.54, 1.807) is 0 Å². The molecule has 0 aliphatic carbocycles. The minimum absolute atomic E-state index is 0.277. The smallest absolute Gasteiger partial charge is 0.0811 e. The second-order valence-corrected chi connectivity index (χ2v) is 6.39. The van der Waals surface area contributed by atoms with E-state index in [0.29, 0.717) is 0 Å². The molecule has 0 bridgehead atoms. The van der Waals surface area contributed by atoms with Gasteiger partial charge in [0.25, 0.3) is 0 Å². The monoisotopic (exact) mass is 398 g/mol. The molecule has 0 aromatic heterocycles. The van der Waals surface area contributed by atoms with Crippen LogP contribution in [0.5, 0.6) is 0 Å². The molecule has 1 heterocycles. The zero-order valence-electron chi connectivity index (χ0n) is 8.39. The van der Waals surface area contributed by atoms with Crippen LogP contribution in [0.25, 0.3) is 0 Å². The van der Waals surface area contributed by atoms with Crippen molar-refractivity contribution in [2.24, 2.45) is 0 Å². The fourth-order valence-corrected chi connectivity index (χ4v) is 4.54. The second kappa shape index (κ2) is 4.94. The molecule has 1 aromatic carbocycles. The van der Waals surface area contributed by atoms with Gasteiger partial charge >= 0.3 is 0 Å². The van der Waals surface area contributed by atoms with Crippen LogP contribution in [-0.4, -0.2) is 10.9 Å². The number of hydrogen-bond acceptors (Lipinski definition) is 2. The summed E-state index contributed by atoms with van der Waals surface area (Å²) in [5.74, 6) is 1.03. The maximum Gasteiger partial charge on any atom is 0.0811 e. The van der Waals surface area contributed by atoms with Crippen molar-refractivity contribution < 1.29 is 5.11 Å². The summed E-state index contributed by atoms with van der Waals surface area (Å²) in [6, 6.07) is 2.19. The van der Waals surface area contributed by atoms with Gasteiger partial charge in [-0.3, -0.25) is 0 Å². The Labute approximate surface area is 116 Å². The largest absolute Gasteiger partial charge is 0.388 e. The standard InChI is InChI=1S/C11H12BrIOS/c1-6-8(12)4-7(5-13)11-10(6)9(14)2-3-15-11/h4,9,14H,2-3,5H2,1H3. The highest BCUT2D eigenvalue weighted by molar-refractivity contribution is 14.1. The molecule has 0 fully saturated rings. The van der Waals surface area contributed by atoms with Crippen molar-refractivity contribution in [3.8, 4) is 0 Å². The maximum atomic E-state index is 10.0. The van der Waals surface area contributed by atoms with Crippen LogP contribution in [0.3, 0.4) is 0 Å². The zero-order valence-corrected chi connectivity index (χ0v) is 12.9. The number of benzene rings is 1. The number of rotatable bonds is 1. The summed E-state index contributed by atoms with van der Waals surface area (Å²) >= 11 is 7.83. The molecule has 1 aromatic rings. The van der Waals surface area contributed by atoms with Crippen molar-refractivity contribution in [1.82, 2.24) is 0 Å². The van der Waals surface area contributed by atoms with Crippen LogP contribution in [0.1, 0.15) is 29.2 Å². The van der Waals surface area contributed by atoms with Crippen molar-refractivity contribution in [2.75, 3.05) is 5.75 Å². The van der Waals surface area contributed by atoms with Crippen molar-refractivity contribution in [2.45, 2.75) is 28.8 Å². The Balaban J connectivity index is 2.65. The summed E-state index contributed by atoms with van der Waals surface area (Å²) in [6.45, 7) is 2.08. The van der Waals surface area contributed by atoms with Gasteiger partial charge in [-0.2, -0.15) is 0 Å². The molecule has 1 atom stereocenters. The molecular formula is C11H12BrIOS. The lowest BCUT2D eigenvalue weighted by Crippen LogP contribution is -2.10. The van der Waals surface area contributed by atoms with Gasteiger partial charge in [0, 0.05) is 19.5 Å². The van der Waals surface area contributed by atoms with Gasteiger partial charge in [0.05, 0.1) is 6.10 Å². The summed E-state index contributed by atoms with van der Waals surface area (Å²) < 4.78 is 2.12. The van der Waals surface area contributed by atoms with E-state index in [2.05, 4.69) is 51.5 Å². The SMILES string of the molecule is Cc1c(Br)cc(CI)c2c1C(O)CCS2. The molecule has 0 saturated carbocycles. The van der Waals surface area contributed by atoms with Crippen LogP contribution in [-0.2, 0) is 4.43 Å². The number of fused-ring (bicyclic) bond motifs is 1. The maximum absolute atomic E-state index is 10.0. The highest BCUT2D eigenvalue weighted by Gasteiger charge is 2.24. The first kappa shape index (κ1) is 12.2.